The van der Waals surface area contributed by atoms with Crippen molar-refractivity contribution in [2.45, 2.75) is 70.4 Å². The molecule has 1 saturated heterocycles. The molecule has 1 aliphatic heterocycles. The lowest BCUT2D eigenvalue weighted by Gasteiger charge is -2.40. The van der Waals surface area contributed by atoms with Crippen LogP contribution in [0.3, 0.4) is 0 Å². The Kier molecular flexibility index (Phi) is 6.87. The summed E-state index contributed by atoms with van der Waals surface area (Å²) < 4.78 is 28.8. The van der Waals surface area contributed by atoms with Gasteiger partial charge in [-0.05, 0) is 26.2 Å². The van der Waals surface area contributed by atoms with Crippen molar-refractivity contribution in [1.29, 1.82) is 0 Å². The van der Waals surface area contributed by atoms with Gasteiger partial charge < -0.3 is 10.6 Å². The second-order valence-corrected chi connectivity index (χ2v) is 9.66. The Bertz CT molecular complexity index is 550. The molecule has 1 unspecified atom stereocenters. The molecule has 2 N–H and O–H groups in total. The van der Waals surface area contributed by atoms with Crippen molar-refractivity contribution in [3.05, 3.63) is 0 Å². The van der Waals surface area contributed by atoms with Gasteiger partial charge in [0.1, 0.15) is 0 Å². The highest BCUT2D eigenvalue weighted by molar-refractivity contribution is 7.86. The van der Waals surface area contributed by atoms with Crippen LogP contribution in [0.5, 0.6) is 0 Å². The van der Waals surface area contributed by atoms with Gasteiger partial charge in [-0.1, -0.05) is 32.6 Å². The van der Waals surface area contributed by atoms with E-state index in [4.69, 9.17) is 5.73 Å². The van der Waals surface area contributed by atoms with Gasteiger partial charge in [-0.15, -0.1) is 0 Å². The van der Waals surface area contributed by atoms with Crippen LogP contribution >= 0.6 is 0 Å². The largest absolute Gasteiger partial charge is 0.338 e. The Morgan fingerprint density at radius 2 is 1.72 bits per heavy atom. The molecule has 2 fully saturated rings. The lowest BCUT2D eigenvalue weighted by atomic mass is 9.95. The fraction of sp³-hybridized carbons (Fsp3) is 0.941. The van der Waals surface area contributed by atoms with E-state index in [-0.39, 0.29) is 11.9 Å². The van der Waals surface area contributed by atoms with Crippen LogP contribution in [-0.4, -0.2) is 72.6 Å². The molecular formula is C17H34N4O3S. The van der Waals surface area contributed by atoms with Crippen molar-refractivity contribution in [1.82, 2.24) is 13.5 Å². The van der Waals surface area contributed by atoms with E-state index in [0.717, 1.165) is 32.1 Å². The maximum atomic E-state index is 12.9. The number of piperazine rings is 1. The zero-order chi connectivity index (χ0) is 18.7. The number of rotatable bonds is 6. The van der Waals surface area contributed by atoms with Gasteiger partial charge in [0.25, 0.3) is 10.2 Å². The zero-order valence-corrected chi connectivity index (χ0v) is 16.7. The van der Waals surface area contributed by atoms with E-state index in [0.29, 0.717) is 32.6 Å². The summed E-state index contributed by atoms with van der Waals surface area (Å²) in [6.07, 6.45) is 6.75. The Hall–Kier alpha value is -0.700. The van der Waals surface area contributed by atoms with E-state index in [9.17, 15) is 13.2 Å². The standard InChI is InChI=1S/C17H34N4O3S/c1-4-10-17(2,18)16(22)20-11-13-21(14-12-20)25(23,24)19(3)15-8-6-5-7-9-15/h15H,4-14,18H2,1-3H3. The molecular weight excluding hydrogens is 340 g/mol. The molecule has 1 saturated carbocycles. The van der Waals surface area contributed by atoms with Crippen LogP contribution in [0.1, 0.15) is 58.8 Å². The smallest absolute Gasteiger partial charge is 0.282 e. The minimum Gasteiger partial charge on any atom is -0.338 e. The number of carbonyl (C=O) groups is 1. The van der Waals surface area contributed by atoms with Crippen LogP contribution in [0.2, 0.25) is 0 Å². The van der Waals surface area contributed by atoms with E-state index in [1.165, 1.54) is 10.7 Å². The average Bonchev–Trinajstić information content (AvgIpc) is 2.61. The Morgan fingerprint density at radius 3 is 2.24 bits per heavy atom. The summed E-state index contributed by atoms with van der Waals surface area (Å²) in [6.45, 7) is 5.27. The third-order valence-electron chi connectivity index (χ3n) is 5.56. The number of amides is 1. The van der Waals surface area contributed by atoms with Crippen LogP contribution in [0.25, 0.3) is 0 Å². The molecule has 0 aromatic rings. The maximum absolute atomic E-state index is 12.9. The van der Waals surface area contributed by atoms with Crippen molar-refractivity contribution in [2.24, 2.45) is 5.73 Å². The van der Waals surface area contributed by atoms with E-state index in [1.807, 2.05) is 6.92 Å². The van der Waals surface area contributed by atoms with Crippen molar-refractivity contribution >= 4 is 16.1 Å². The second kappa shape index (κ2) is 8.33. The van der Waals surface area contributed by atoms with Crippen LogP contribution in [0, 0.1) is 0 Å². The first-order valence-electron chi connectivity index (χ1n) is 9.51. The molecule has 0 spiro atoms. The molecule has 1 amide bonds. The van der Waals surface area contributed by atoms with Crippen molar-refractivity contribution < 1.29 is 13.2 Å². The van der Waals surface area contributed by atoms with Crippen LogP contribution in [0.15, 0.2) is 0 Å². The maximum Gasteiger partial charge on any atom is 0.282 e. The van der Waals surface area contributed by atoms with Crippen LogP contribution in [-0.2, 0) is 15.0 Å². The first-order chi connectivity index (χ1) is 11.7. The van der Waals surface area contributed by atoms with Gasteiger partial charge >= 0.3 is 0 Å². The Balaban J connectivity index is 1.95. The molecule has 8 heteroatoms. The Labute approximate surface area is 152 Å². The monoisotopic (exact) mass is 374 g/mol. The summed E-state index contributed by atoms with van der Waals surface area (Å²) >= 11 is 0. The highest BCUT2D eigenvalue weighted by Gasteiger charge is 2.38. The third kappa shape index (κ3) is 4.72. The molecule has 2 rings (SSSR count). The predicted octanol–water partition coefficient (Wildman–Crippen LogP) is 1.16. The molecule has 1 atom stereocenters. The molecule has 2 aliphatic rings. The third-order valence-corrected chi connectivity index (χ3v) is 7.61. The van der Waals surface area contributed by atoms with Crippen LogP contribution < -0.4 is 5.73 Å². The summed E-state index contributed by atoms with van der Waals surface area (Å²) in [7, 11) is -1.76. The predicted molar refractivity (Wildman–Crippen MR) is 99.2 cm³/mol. The fourth-order valence-corrected chi connectivity index (χ4v) is 5.50. The fourth-order valence-electron chi connectivity index (χ4n) is 3.92. The van der Waals surface area contributed by atoms with Gasteiger partial charge in [0.15, 0.2) is 0 Å². The molecule has 146 valence electrons. The first kappa shape index (κ1) is 20.6. The molecule has 1 heterocycles. The quantitative estimate of drug-likeness (QED) is 0.756. The lowest BCUT2D eigenvalue weighted by Crippen LogP contribution is -2.60. The van der Waals surface area contributed by atoms with E-state index in [2.05, 4.69) is 0 Å². The van der Waals surface area contributed by atoms with Crippen molar-refractivity contribution in [3.63, 3.8) is 0 Å². The summed E-state index contributed by atoms with van der Waals surface area (Å²) in [4.78, 5) is 14.3. The van der Waals surface area contributed by atoms with Gasteiger partial charge in [-0.25, -0.2) is 0 Å². The number of hydrogen-bond acceptors (Lipinski definition) is 4. The molecule has 0 aromatic carbocycles. The van der Waals surface area contributed by atoms with E-state index in [1.54, 1.807) is 23.2 Å². The summed E-state index contributed by atoms with van der Waals surface area (Å²) in [5.41, 5.74) is 5.27. The molecule has 0 radical (unpaired) electrons. The van der Waals surface area contributed by atoms with E-state index >= 15 is 0 Å². The SMILES string of the molecule is CCCC(C)(N)C(=O)N1CCN(S(=O)(=O)N(C)C2CCCCC2)CC1. The molecule has 25 heavy (non-hydrogen) atoms. The number of hydrogen-bond donors (Lipinski definition) is 1. The normalized spacial score (nSPS) is 23.6. The Morgan fingerprint density at radius 1 is 1.16 bits per heavy atom. The number of nitrogens with zero attached hydrogens (tertiary/aromatic N) is 3. The highest BCUT2D eigenvalue weighted by Crippen LogP contribution is 2.25. The highest BCUT2D eigenvalue weighted by atomic mass is 32.2. The number of nitrogens with two attached hydrogens (primary N) is 1. The van der Waals surface area contributed by atoms with Crippen molar-refractivity contribution in [3.8, 4) is 0 Å². The van der Waals surface area contributed by atoms with Crippen molar-refractivity contribution in [2.75, 3.05) is 33.2 Å². The van der Waals surface area contributed by atoms with Gasteiger partial charge in [0, 0.05) is 39.3 Å². The summed E-state index contributed by atoms with van der Waals surface area (Å²) in [5, 5.41) is 0. The average molecular weight is 375 g/mol. The van der Waals surface area contributed by atoms with E-state index < -0.39 is 15.7 Å². The minimum atomic E-state index is -3.46. The molecule has 0 aromatic heterocycles. The summed E-state index contributed by atoms with van der Waals surface area (Å²) in [6, 6.07) is 0.107. The molecule has 7 nitrogen and oxygen atoms in total. The molecule has 1 aliphatic carbocycles. The lowest BCUT2D eigenvalue weighted by molar-refractivity contribution is -0.137. The topological polar surface area (TPSA) is 87.0 Å². The summed E-state index contributed by atoms with van der Waals surface area (Å²) in [5.74, 6) is -0.0768. The van der Waals surface area contributed by atoms with Gasteiger partial charge in [-0.3, -0.25) is 4.79 Å². The first-order valence-corrected chi connectivity index (χ1v) is 10.9. The minimum absolute atomic E-state index is 0.0768. The van der Waals surface area contributed by atoms with Gasteiger partial charge in [-0.2, -0.15) is 17.0 Å². The number of carbonyl (C=O) groups excluding carboxylic acids is 1. The van der Waals surface area contributed by atoms with Crippen LogP contribution in [0.4, 0.5) is 0 Å². The second-order valence-electron chi connectivity index (χ2n) is 7.67. The zero-order valence-electron chi connectivity index (χ0n) is 15.9. The molecule has 0 bridgehead atoms. The van der Waals surface area contributed by atoms with Gasteiger partial charge in [0.2, 0.25) is 5.91 Å². The van der Waals surface area contributed by atoms with Gasteiger partial charge in [0.05, 0.1) is 5.54 Å².